The number of benzene rings is 1. The molecule has 0 bridgehead atoms. The Morgan fingerprint density at radius 3 is 2.72 bits per heavy atom. The zero-order valence-corrected chi connectivity index (χ0v) is 12.4. The third kappa shape index (κ3) is 4.03. The van der Waals surface area contributed by atoms with E-state index in [1.165, 1.54) is 48.3 Å². The fraction of sp³-hybridized carbons (Fsp3) is 0.625. The lowest BCUT2D eigenvalue weighted by molar-refractivity contribution is 0.486. The monoisotopic (exact) mass is 263 g/mol. The molecule has 2 unspecified atom stereocenters. The van der Waals surface area contributed by atoms with Gasteiger partial charge in [-0.15, -0.1) is 0 Å². The highest BCUT2D eigenvalue weighted by atomic mass is 32.2. The van der Waals surface area contributed by atoms with Gasteiger partial charge in [0.15, 0.2) is 0 Å². The Balaban J connectivity index is 1.87. The standard InChI is InChI=1S/C16H25NS/c1-3-4-5-14-6-8-15(9-7-14)13(2)17-16-10-11-18-12-16/h6-9,13,16-17H,3-5,10-12H2,1-2H3. The van der Waals surface area contributed by atoms with Gasteiger partial charge in [-0.1, -0.05) is 37.6 Å². The van der Waals surface area contributed by atoms with Crippen LogP contribution < -0.4 is 5.32 Å². The van der Waals surface area contributed by atoms with Crippen molar-refractivity contribution >= 4 is 11.8 Å². The molecule has 1 N–H and O–H groups in total. The van der Waals surface area contributed by atoms with Crippen LogP contribution in [0.2, 0.25) is 0 Å². The molecule has 18 heavy (non-hydrogen) atoms. The number of rotatable bonds is 6. The zero-order chi connectivity index (χ0) is 12.8. The molecule has 1 nitrogen and oxygen atoms in total. The molecule has 1 aliphatic heterocycles. The molecular formula is C16H25NS. The van der Waals surface area contributed by atoms with Gasteiger partial charge in [0, 0.05) is 17.8 Å². The van der Waals surface area contributed by atoms with E-state index in [1.54, 1.807) is 0 Å². The molecule has 0 amide bonds. The summed E-state index contributed by atoms with van der Waals surface area (Å²) in [5.41, 5.74) is 2.90. The van der Waals surface area contributed by atoms with E-state index in [9.17, 15) is 0 Å². The van der Waals surface area contributed by atoms with Crippen molar-refractivity contribution in [2.75, 3.05) is 11.5 Å². The highest BCUT2D eigenvalue weighted by molar-refractivity contribution is 7.99. The zero-order valence-electron chi connectivity index (χ0n) is 11.6. The van der Waals surface area contributed by atoms with E-state index in [0.717, 1.165) is 0 Å². The van der Waals surface area contributed by atoms with Gasteiger partial charge in [-0.25, -0.2) is 0 Å². The fourth-order valence-corrected chi connectivity index (χ4v) is 3.63. The molecule has 0 spiro atoms. The molecule has 1 fully saturated rings. The van der Waals surface area contributed by atoms with Gasteiger partial charge in [0.1, 0.15) is 0 Å². The van der Waals surface area contributed by atoms with Gasteiger partial charge in [0.2, 0.25) is 0 Å². The van der Waals surface area contributed by atoms with E-state index in [2.05, 4.69) is 55.2 Å². The molecule has 0 saturated carbocycles. The lowest BCUT2D eigenvalue weighted by Gasteiger charge is -2.19. The molecule has 100 valence electrons. The first-order valence-corrected chi connectivity index (χ1v) is 8.37. The summed E-state index contributed by atoms with van der Waals surface area (Å²) in [6.07, 6.45) is 5.12. The van der Waals surface area contributed by atoms with Gasteiger partial charge in [-0.3, -0.25) is 0 Å². The summed E-state index contributed by atoms with van der Waals surface area (Å²) in [5, 5.41) is 3.74. The smallest absolute Gasteiger partial charge is 0.0294 e. The molecule has 1 heterocycles. The Bertz CT molecular complexity index is 341. The first-order valence-electron chi connectivity index (χ1n) is 7.22. The second kappa shape index (κ2) is 7.20. The van der Waals surface area contributed by atoms with Crippen LogP contribution in [0.25, 0.3) is 0 Å². The maximum absolute atomic E-state index is 3.74. The summed E-state index contributed by atoms with van der Waals surface area (Å²) in [5.74, 6) is 2.60. The highest BCUT2D eigenvalue weighted by Crippen LogP contribution is 2.21. The summed E-state index contributed by atoms with van der Waals surface area (Å²) in [6.45, 7) is 4.53. The van der Waals surface area contributed by atoms with Crippen LogP contribution in [-0.4, -0.2) is 17.5 Å². The van der Waals surface area contributed by atoms with Crippen LogP contribution in [0.15, 0.2) is 24.3 Å². The van der Waals surface area contributed by atoms with Crippen molar-refractivity contribution in [3.63, 3.8) is 0 Å². The van der Waals surface area contributed by atoms with Gasteiger partial charge < -0.3 is 5.32 Å². The second-order valence-corrected chi connectivity index (χ2v) is 6.44. The Morgan fingerprint density at radius 2 is 2.11 bits per heavy atom. The number of nitrogens with one attached hydrogen (secondary N) is 1. The largest absolute Gasteiger partial charge is 0.307 e. The SMILES string of the molecule is CCCCc1ccc(C(C)NC2CCSC2)cc1. The number of thioether (sulfide) groups is 1. The molecule has 1 aromatic carbocycles. The maximum atomic E-state index is 3.74. The summed E-state index contributed by atoms with van der Waals surface area (Å²) < 4.78 is 0. The summed E-state index contributed by atoms with van der Waals surface area (Å²) in [6, 6.07) is 10.4. The molecule has 0 aliphatic carbocycles. The summed E-state index contributed by atoms with van der Waals surface area (Å²) >= 11 is 2.07. The first-order chi connectivity index (χ1) is 8.79. The van der Waals surface area contributed by atoms with Crippen molar-refractivity contribution < 1.29 is 0 Å². The van der Waals surface area contributed by atoms with E-state index in [0.29, 0.717) is 12.1 Å². The van der Waals surface area contributed by atoms with Crippen LogP contribution in [-0.2, 0) is 6.42 Å². The summed E-state index contributed by atoms with van der Waals surface area (Å²) in [7, 11) is 0. The van der Waals surface area contributed by atoms with Crippen LogP contribution in [0.1, 0.15) is 50.3 Å². The van der Waals surface area contributed by atoms with Gasteiger partial charge in [0.05, 0.1) is 0 Å². The molecule has 2 rings (SSSR count). The van der Waals surface area contributed by atoms with Gasteiger partial charge >= 0.3 is 0 Å². The minimum absolute atomic E-state index is 0.480. The molecular weight excluding hydrogens is 238 g/mol. The number of hydrogen-bond donors (Lipinski definition) is 1. The molecule has 1 saturated heterocycles. The molecule has 2 heteroatoms. The van der Waals surface area contributed by atoms with Crippen LogP contribution in [0.4, 0.5) is 0 Å². The van der Waals surface area contributed by atoms with Crippen molar-refractivity contribution in [2.45, 2.75) is 51.6 Å². The van der Waals surface area contributed by atoms with Crippen LogP contribution in [0, 0.1) is 0 Å². The third-order valence-corrected chi connectivity index (χ3v) is 4.88. The van der Waals surface area contributed by atoms with E-state index in [1.807, 2.05) is 0 Å². The van der Waals surface area contributed by atoms with Crippen molar-refractivity contribution in [1.29, 1.82) is 0 Å². The Hall–Kier alpha value is -0.470. The molecule has 0 radical (unpaired) electrons. The van der Waals surface area contributed by atoms with Crippen molar-refractivity contribution in [1.82, 2.24) is 5.32 Å². The Labute approximate surface area is 116 Å². The minimum Gasteiger partial charge on any atom is -0.307 e. The van der Waals surface area contributed by atoms with Gasteiger partial charge in [-0.05, 0) is 43.1 Å². The molecule has 0 aromatic heterocycles. The van der Waals surface area contributed by atoms with E-state index < -0.39 is 0 Å². The summed E-state index contributed by atoms with van der Waals surface area (Å²) in [4.78, 5) is 0. The lowest BCUT2D eigenvalue weighted by atomic mass is 10.0. The van der Waals surface area contributed by atoms with Crippen LogP contribution >= 0.6 is 11.8 Å². The minimum atomic E-state index is 0.480. The first kappa shape index (κ1) is 14.0. The molecule has 2 atom stereocenters. The molecule has 1 aromatic rings. The average Bonchev–Trinajstić information content (AvgIpc) is 2.89. The maximum Gasteiger partial charge on any atom is 0.0294 e. The predicted octanol–water partition coefficient (Wildman–Crippen LogP) is 4.19. The van der Waals surface area contributed by atoms with Crippen molar-refractivity contribution in [3.05, 3.63) is 35.4 Å². The van der Waals surface area contributed by atoms with E-state index >= 15 is 0 Å². The van der Waals surface area contributed by atoms with Crippen LogP contribution in [0.5, 0.6) is 0 Å². The second-order valence-electron chi connectivity index (χ2n) is 5.29. The lowest BCUT2D eigenvalue weighted by Crippen LogP contribution is -2.31. The van der Waals surface area contributed by atoms with Gasteiger partial charge in [-0.2, -0.15) is 11.8 Å². The van der Waals surface area contributed by atoms with Gasteiger partial charge in [0.25, 0.3) is 0 Å². The van der Waals surface area contributed by atoms with Crippen molar-refractivity contribution in [2.24, 2.45) is 0 Å². The number of hydrogen-bond acceptors (Lipinski definition) is 2. The Morgan fingerprint density at radius 1 is 1.33 bits per heavy atom. The average molecular weight is 263 g/mol. The normalized spacial score (nSPS) is 21.1. The fourth-order valence-electron chi connectivity index (χ4n) is 2.47. The molecule has 1 aliphatic rings. The quantitative estimate of drug-likeness (QED) is 0.826. The van der Waals surface area contributed by atoms with E-state index in [-0.39, 0.29) is 0 Å². The topological polar surface area (TPSA) is 12.0 Å². The van der Waals surface area contributed by atoms with Crippen molar-refractivity contribution in [3.8, 4) is 0 Å². The third-order valence-electron chi connectivity index (χ3n) is 3.71. The van der Waals surface area contributed by atoms with E-state index in [4.69, 9.17) is 0 Å². The predicted molar refractivity (Wildman–Crippen MR) is 82.3 cm³/mol. The van der Waals surface area contributed by atoms with Crippen LogP contribution in [0.3, 0.4) is 0 Å². The number of unbranched alkanes of at least 4 members (excludes halogenated alkanes) is 1. The highest BCUT2D eigenvalue weighted by Gasteiger charge is 2.17. The Kier molecular flexibility index (Phi) is 5.58. The number of aryl methyl sites for hydroxylation is 1.